The fraction of sp³-hybridized carbons (Fsp3) is 0.192. The molecule has 0 unspecified atom stereocenters. The Morgan fingerprint density at radius 1 is 0.917 bits per heavy atom. The first-order valence-electron chi connectivity index (χ1n) is 11.4. The van der Waals surface area contributed by atoms with Gasteiger partial charge in [0.25, 0.3) is 17.5 Å². The van der Waals surface area contributed by atoms with Crippen molar-refractivity contribution >= 4 is 51.9 Å². The van der Waals surface area contributed by atoms with Crippen LogP contribution in [0.25, 0.3) is 0 Å². The summed E-state index contributed by atoms with van der Waals surface area (Å²) in [7, 11) is 0. The van der Waals surface area contributed by atoms with E-state index in [-0.39, 0.29) is 22.3 Å². The molecule has 1 saturated heterocycles. The summed E-state index contributed by atoms with van der Waals surface area (Å²) in [4.78, 5) is 38.4. The second-order valence-electron chi connectivity index (χ2n) is 8.41. The summed E-state index contributed by atoms with van der Waals surface area (Å²) in [5.74, 6) is -0.798. The molecule has 0 aliphatic carbocycles. The lowest BCUT2D eigenvalue weighted by Gasteiger charge is -2.18. The fourth-order valence-corrected chi connectivity index (χ4v) is 4.29. The van der Waals surface area contributed by atoms with Crippen molar-refractivity contribution in [3.05, 3.63) is 93.5 Å². The van der Waals surface area contributed by atoms with Gasteiger partial charge in [-0.1, -0.05) is 24.3 Å². The van der Waals surface area contributed by atoms with Gasteiger partial charge in [-0.2, -0.15) is 0 Å². The average molecular weight is 504 g/mol. The molecule has 0 saturated carbocycles. The van der Waals surface area contributed by atoms with Crippen molar-refractivity contribution < 1.29 is 14.5 Å². The van der Waals surface area contributed by atoms with Crippen LogP contribution in [-0.4, -0.2) is 34.9 Å². The molecule has 1 aliphatic heterocycles. The highest BCUT2D eigenvalue weighted by Gasteiger charge is 2.24. The number of benzene rings is 3. The molecular formula is C26H25N5O4S. The zero-order valence-electron chi connectivity index (χ0n) is 19.6. The Morgan fingerprint density at radius 2 is 1.61 bits per heavy atom. The minimum absolute atomic E-state index is 0.0219. The number of rotatable bonds is 6. The molecule has 1 fully saturated rings. The van der Waals surface area contributed by atoms with E-state index in [9.17, 15) is 19.7 Å². The van der Waals surface area contributed by atoms with Gasteiger partial charge in [0, 0.05) is 41.7 Å². The molecule has 3 aromatic rings. The highest BCUT2D eigenvalue weighted by Crippen LogP contribution is 2.31. The summed E-state index contributed by atoms with van der Waals surface area (Å²) in [5.41, 5.74) is 3.08. The molecule has 184 valence electrons. The molecule has 4 rings (SSSR count). The summed E-state index contributed by atoms with van der Waals surface area (Å²) in [6, 6.07) is 18.6. The van der Waals surface area contributed by atoms with Gasteiger partial charge in [0.1, 0.15) is 5.69 Å². The number of nitro groups is 1. The summed E-state index contributed by atoms with van der Waals surface area (Å²) in [5, 5.41) is 19.9. The van der Waals surface area contributed by atoms with Crippen molar-refractivity contribution in [2.45, 2.75) is 19.8 Å². The number of carbonyl (C=O) groups excluding carboxylic acids is 2. The van der Waals surface area contributed by atoms with Crippen molar-refractivity contribution in [3.8, 4) is 0 Å². The summed E-state index contributed by atoms with van der Waals surface area (Å²) in [6.07, 6.45) is 1.96. The Hall–Kier alpha value is -4.31. The summed E-state index contributed by atoms with van der Waals surface area (Å²) < 4.78 is 0. The molecular weight excluding hydrogens is 478 g/mol. The third-order valence-electron chi connectivity index (χ3n) is 5.88. The van der Waals surface area contributed by atoms with Crippen LogP contribution >= 0.6 is 12.2 Å². The predicted octanol–water partition coefficient (Wildman–Crippen LogP) is 4.88. The molecule has 2 amide bonds. The number of aryl methyl sites for hydroxylation is 1. The average Bonchev–Trinajstić information content (AvgIpc) is 3.39. The van der Waals surface area contributed by atoms with Gasteiger partial charge in [-0.05, 0) is 73.9 Å². The Balaban J connectivity index is 1.40. The van der Waals surface area contributed by atoms with E-state index in [1.54, 1.807) is 48.5 Å². The zero-order valence-corrected chi connectivity index (χ0v) is 20.4. The lowest BCUT2D eigenvalue weighted by atomic mass is 10.1. The smallest absolute Gasteiger partial charge is 0.293 e. The fourth-order valence-electron chi connectivity index (χ4n) is 4.07. The van der Waals surface area contributed by atoms with Crippen molar-refractivity contribution in [3.63, 3.8) is 0 Å². The number of nitro benzene ring substituents is 1. The van der Waals surface area contributed by atoms with Crippen LogP contribution in [0.4, 0.5) is 22.7 Å². The number of nitrogens with one attached hydrogen (secondary N) is 3. The van der Waals surface area contributed by atoms with E-state index >= 15 is 0 Å². The van der Waals surface area contributed by atoms with Gasteiger partial charge in [-0.25, -0.2) is 0 Å². The maximum atomic E-state index is 12.7. The predicted molar refractivity (Wildman–Crippen MR) is 144 cm³/mol. The molecule has 0 aromatic heterocycles. The van der Waals surface area contributed by atoms with Crippen molar-refractivity contribution in [2.75, 3.05) is 28.6 Å². The standard InChI is InChI=1S/C26H25N5O4S/c1-17-7-2-3-10-21(17)25(33)27-19-8-6-9-20(16-19)28-26(36)29-24(32)18-11-12-22(23(15-18)31(34)35)30-13-4-5-14-30/h2-3,6-12,15-16H,4-5,13-14H2,1H3,(H,27,33)(H2,28,29,32,36). The van der Waals surface area contributed by atoms with E-state index in [1.165, 1.54) is 6.07 Å². The van der Waals surface area contributed by atoms with Crippen LogP contribution in [0.1, 0.15) is 39.1 Å². The number of thiocarbonyl (C=S) groups is 1. The highest BCUT2D eigenvalue weighted by atomic mass is 32.1. The van der Waals surface area contributed by atoms with Crippen molar-refractivity contribution in [1.82, 2.24) is 5.32 Å². The Bertz CT molecular complexity index is 1340. The van der Waals surface area contributed by atoms with Crippen LogP contribution in [-0.2, 0) is 0 Å². The van der Waals surface area contributed by atoms with Gasteiger partial charge >= 0.3 is 0 Å². The normalized spacial score (nSPS) is 12.6. The quantitative estimate of drug-likeness (QED) is 0.249. The third-order valence-corrected chi connectivity index (χ3v) is 6.08. The molecule has 0 bridgehead atoms. The van der Waals surface area contributed by atoms with Crippen LogP contribution in [0.15, 0.2) is 66.7 Å². The van der Waals surface area contributed by atoms with Crippen molar-refractivity contribution in [2.24, 2.45) is 0 Å². The monoisotopic (exact) mass is 503 g/mol. The first-order valence-corrected chi connectivity index (χ1v) is 11.9. The molecule has 1 heterocycles. The van der Waals surface area contributed by atoms with Crippen LogP contribution in [0.2, 0.25) is 0 Å². The first-order chi connectivity index (χ1) is 17.3. The van der Waals surface area contributed by atoms with E-state index in [0.717, 1.165) is 31.5 Å². The number of carbonyl (C=O) groups is 2. The molecule has 0 radical (unpaired) electrons. The third kappa shape index (κ3) is 5.84. The Labute approximate surface area is 213 Å². The summed E-state index contributed by atoms with van der Waals surface area (Å²) >= 11 is 5.26. The maximum absolute atomic E-state index is 12.7. The van der Waals surface area contributed by atoms with Crippen LogP contribution in [0.3, 0.4) is 0 Å². The van der Waals surface area contributed by atoms with Crippen molar-refractivity contribution in [1.29, 1.82) is 0 Å². The van der Waals surface area contributed by atoms with E-state index in [0.29, 0.717) is 22.6 Å². The lowest BCUT2D eigenvalue weighted by Crippen LogP contribution is -2.34. The largest absolute Gasteiger partial charge is 0.366 e. The van der Waals surface area contributed by atoms with E-state index in [2.05, 4.69) is 16.0 Å². The number of hydrogen-bond donors (Lipinski definition) is 3. The van der Waals surface area contributed by atoms with Gasteiger partial charge in [-0.3, -0.25) is 25.0 Å². The van der Waals surface area contributed by atoms with Gasteiger partial charge in [0.05, 0.1) is 4.92 Å². The van der Waals surface area contributed by atoms with E-state index in [4.69, 9.17) is 12.2 Å². The van der Waals surface area contributed by atoms with Crippen LogP contribution in [0, 0.1) is 17.0 Å². The number of anilines is 3. The van der Waals surface area contributed by atoms with E-state index in [1.807, 2.05) is 24.0 Å². The van der Waals surface area contributed by atoms with Crippen LogP contribution in [0.5, 0.6) is 0 Å². The van der Waals surface area contributed by atoms with Gasteiger partial charge in [0.15, 0.2) is 5.11 Å². The molecule has 36 heavy (non-hydrogen) atoms. The number of nitrogens with zero attached hydrogens (tertiary/aromatic N) is 2. The van der Waals surface area contributed by atoms with Gasteiger partial charge < -0.3 is 15.5 Å². The van der Waals surface area contributed by atoms with E-state index < -0.39 is 10.8 Å². The highest BCUT2D eigenvalue weighted by molar-refractivity contribution is 7.80. The molecule has 1 aliphatic rings. The second kappa shape index (κ2) is 11.0. The minimum Gasteiger partial charge on any atom is -0.366 e. The summed E-state index contributed by atoms with van der Waals surface area (Å²) in [6.45, 7) is 3.37. The van der Waals surface area contributed by atoms with Crippen LogP contribution < -0.4 is 20.9 Å². The molecule has 0 spiro atoms. The lowest BCUT2D eigenvalue weighted by molar-refractivity contribution is -0.384. The zero-order chi connectivity index (χ0) is 25.7. The molecule has 10 heteroatoms. The second-order valence-corrected chi connectivity index (χ2v) is 8.82. The molecule has 0 atom stereocenters. The van der Waals surface area contributed by atoms with Gasteiger partial charge in [-0.15, -0.1) is 0 Å². The Kier molecular flexibility index (Phi) is 7.55. The topological polar surface area (TPSA) is 117 Å². The Morgan fingerprint density at radius 3 is 2.31 bits per heavy atom. The number of hydrogen-bond acceptors (Lipinski definition) is 6. The minimum atomic E-state index is -0.562. The van der Waals surface area contributed by atoms with Gasteiger partial charge in [0.2, 0.25) is 0 Å². The molecule has 3 N–H and O–H groups in total. The maximum Gasteiger partial charge on any atom is 0.293 e. The first kappa shape index (κ1) is 24.8. The SMILES string of the molecule is Cc1ccccc1C(=O)Nc1cccc(NC(=S)NC(=O)c2ccc(N3CCCC3)c([N+](=O)[O-])c2)c1. The molecule has 9 nitrogen and oxygen atoms in total. The molecule has 3 aromatic carbocycles. The number of amides is 2.